The molecule has 5 nitrogen and oxygen atoms in total. The van der Waals surface area contributed by atoms with Crippen molar-refractivity contribution in [2.75, 3.05) is 6.54 Å². The Morgan fingerprint density at radius 1 is 1.60 bits per heavy atom. The standard InChI is InChI=1S/C9H15N3O2S/c1-4-15(13,14)11-8-9(2,3)12-7-5-6-10-12/h4-7,11H,1,8H2,2-3H3. The first-order chi connectivity index (χ1) is 6.87. The molecule has 84 valence electrons. The third-order valence-electron chi connectivity index (χ3n) is 2.05. The Balaban J connectivity index is 2.70. The van der Waals surface area contributed by atoms with E-state index in [2.05, 4.69) is 16.4 Å². The predicted octanol–water partition coefficient (Wildman–Crippen LogP) is 0.681. The summed E-state index contributed by atoms with van der Waals surface area (Å²) in [7, 11) is -3.37. The molecule has 15 heavy (non-hydrogen) atoms. The van der Waals surface area contributed by atoms with Crippen molar-refractivity contribution in [3.05, 3.63) is 30.4 Å². The molecule has 0 aliphatic rings. The number of hydrogen-bond donors (Lipinski definition) is 1. The maximum absolute atomic E-state index is 11.2. The maximum atomic E-state index is 11.2. The average Bonchev–Trinajstić information content (AvgIpc) is 2.69. The van der Waals surface area contributed by atoms with E-state index in [1.165, 1.54) is 0 Å². The zero-order chi connectivity index (χ0) is 11.5. The van der Waals surface area contributed by atoms with Crippen molar-refractivity contribution in [1.82, 2.24) is 14.5 Å². The zero-order valence-corrected chi connectivity index (χ0v) is 9.66. The van der Waals surface area contributed by atoms with Crippen LogP contribution >= 0.6 is 0 Å². The predicted molar refractivity (Wildman–Crippen MR) is 58.7 cm³/mol. The summed E-state index contributed by atoms with van der Waals surface area (Å²) in [5, 5.41) is 4.97. The highest BCUT2D eigenvalue weighted by Crippen LogP contribution is 2.12. The van der Waals surface area contributed by atoms with Gasteiger partial charge in [0.2, 0.25) is 10.0 Å². The minimum atomic E-state index is -3.37. The lowest BCUT2D eigenvalue weighted by Crippen LogP contribution is -2.40. The summed E-state index contributed by atoms with van der Waals surface area (Å²) in [6.45, 7) is 7.28. The molecule has 1 aromatic rings. The lowest BCUT2D eigenvalue weighted by atomic mass is 10.1. The molecule has 0 saturated heterocycles. The molecule has 6 heteroatoms. The second-order valence-corrected chi connectivity index (χ2v) is 5.51. The van der Waals surface area contributed by atoms with E-state index in [9.17, 15) is 8.42 Å². The smallest absolute Gasteiger partial charge is 0.233 e. The Morgan fingerprint density at radius 2 is 2.27 bits per heavy atom. The summed E-state index contributed by atoms with van der Waals surface area (Å²) < 4.78 is 26.5. The van der Waals surface area contributed by atoms with Crippen LogP contribution in [-0.4, -0.2) is 24.7 Å². The molecule has 0 amide bonds. The van der Waals surface area contributed by atoms with E-state index < -0.39 is 15.6 Å². The topological polar surface area (TPSA) is 64.0 Å². The Morgan fingerprint density at radius 3 is 2.73 bits per heavy atom. The van der Waals surface area contributed by atoms with Crippen molar-refractivity contribution in [3.63, 3.8) is 0 Å². The summed E-state index contributed by atoms with van der Waals surface area (Å²) in [6.07, 6.45) is 3.45. The highest BCUT2D eigenvalue weighted by molar-refractivity contribution is 7.92. The summed E-state index contributed by atoms with van der Waals surface area (Å²) in [4.78, 5) is 0. The van der Waals surface area contributed by atoms with Gasteiger partial charge in [0.25, 0.3) is 0 Å². The van der Waals surface area contributed by atoms with Gasteiger partial charge >= 0.3 is 0 Å². The van der Waals surface area contributed by atoms with E-state index in [1.54, 1.807) is 23.1 Å². The Kier molecular flexibility index (Phi) is 3.31. The number of nitrogens with one attached hydrogen (secondary N) is 1. The molecule has 0 radical (unpaired) electrons. The fraction of sp³-hybridized carbons (Fsp3) is 0.444. The van der Waals surface area contributed by atoms with Gasteiger partial charge < -0.3 is 0 Å². The van der Waals surface area contributed by atoms with Crippen LogP contribution in [0.3, 0.4) is 0 Å². The van der Waals surface area contributed by atoms with Crippen molar-refractivity contribution in [1.29, 1.82) is 0 Å². The van der Waals surface area contributed by atoms with Gasteiger partial charge in [0.05, 0.1) is 5.54 Å². The first kappa shape index (κ1) is 11.9. The van der Waals surface area contributed by atoms with Gasteiger partial charge in [-0.15, -0.1) is 0 Å². The van der Waals surface area contributed by atoms with Gasteiger partial charge in [-0.1, -0.05) is 6.58 Å². The van der Waals surface area contributed by atoms with Crippen LogP contribution in [0.15, 0.2) is 30.4 Å². The highest BCUT2D eigenvalue weighted by atomic mass is 32.2. The molecule has 1 rings (SSSR count). The third-order valence-corrected chi connectivity index (χ3v) is 3.04. The molecule has 0 aliphatic carbocycles. The van der Waals surface area contributed by atoms with E-state index in [0.29, 0.717) is 0 Å². The zero-order valence-electron chi connectivity index (χ0n) is 8.84. The summed E-state index contributed by atoms with van der Waals surface area (Å²) in [6, 6.07) is 1.80. The summed E-state index contributed by atoms with van der Waals surface area (Å²) in [5.74, 6) is 0. The molecule has 1 N–H and O–H groups in total. The lowest BCUT2D eigenvalue weighted by Gasteiger charge is -2.25. The quantitative estimate of drug-likeness (QED) is 0.807. The monoisotopic (exact) mass is 229 g/mol. The summed E-state index contributed by atoms with van der Waals surface area (Å²) in [5.41, 5.74) is -0.403. The average molecular weight is 229 g/mol. The molecule has 0 unspecified atom stereocenters. The first-order valence-corrected chi connectivity index (χ1v) is 6.04. The van der Waals surface area contributed by atoms with E-state index in [1.807, 2.05) is 13.8 Å². The molecule has 0 spiro atoms. The van der Waals surface area contributed by atoms with Crippen LogP contribution in [0.4, 0.5) is 0 Å². The van der Waals surface area contributed by atoms with E-state index in [-0.39, 0.29) is 6.54 Å². The SMILES string of the molecule is C=CS(=O)(=O)NCC(C)(C)n1cccn1. The van der Waals surface area contributed by atoms with Gasteiger partial charge in [0.15, 0.2) is 0 Å². The van der Waals surface area contributed by atoms with Crippen LogP contribution in [0.5, 0.6) is 0 Å². The van der Waals surface area contributed by atoms with Crippen molar-refractivity contribution < 1.29 is 8.42 Å². The van der Waals surface area contributed by atoms with E-state index in [4.69, 9.17) is 0 Å². The second-order valence-electron chi connectivity index (χ2n) is 3.80. The number of aromatic nitrogens is 2. The number of sulfonamides is 1. The van der Waals surface area contributed by atoms with Crippen molar-refractivity contribution in [2.24, 2.45) is 0 Å². The van der Waals surface area contributed by atoms with Gasteiger partial charge in [0.1, 0.15) is 0 Å². The Labute approximate surface area is 89.8 Å². The molecule has 1 heterocycles. The Hall–Kier alpha value is -1.14. The molecule has 0 saturated carbocycles. The number of rotatable bonds is 5. The van der Waals surface area contributed by atoms with Crippen molar-refractivity contribution in [3.8, 4) is 0 Å². The molecule has 0 aliphatic heterocycles. The van der Waals surface area contributed by atoms with E-state index in [0.717, 1.165) is 5.41 Å². The van der Waals surface area contributed by atoms with Gasteiger partial charge in [-0.3, -0.25) is 4.68 Å². The Bertz CT molecular complexity index is 420. The van der Waals surface area contributed by atoms with Crippen LogP contribution in [0.25, 0.3) is 0 Å². The van der Waals surface area contributed by atoms with Crippen LogP contribution in [-0.2, 0) is 15.6 Å². The molecule has 0 fully saturated rings. The third kappa shape index (κ3) is 3.17. The van der Waals surface area contributed by atoms with Crippen LogP contribution in [0, 0.1) is 0 Å². The fourth-order valence-corrected chi connectivity index (χ4v) is 1.72. The second kappa shape index (κ2) is 4.16. The summed E-state index contributed by atoms with van der Waals surface area (Å²) >= 11 is 0. The number of nitrogens with zero attached hydrogens (tertiary/aromatic N) is 2. The van der Waals surface area contributed by atoms with Gasteiger partial charge in [-0.05, 0) is 19.9 Å². The largest absolute Gasteiger partial charge is 0.266 e. The van der Waals surface area contributed by atoms with Gasteiger partial charge in [0, 0.05) is 24.3 Å². The van der Waals surface area contributed by atoms with Crippen LogP contribution < -0.4 is 4.72 Å². The molecular weight excluding hydrogens is 214 g/mol. The fourth-order valence-electron chi connectivity index (χ4n) is 1.04. The number of hydrogen-bond acceptors (Lipinski definition) is 3. The molecule has 1 aromatic heterocycles. The molecule has 0 bridgehead atoms. The first-order valence-electron chi connectivity index (χ1n) is 4.50. The molecule has 0 aromatic carbocycles. The minimum Gasteiger partial charge on any atom is -0.266 e. The van der Waals surface area contributed by atoms with E-state index >= 15 is 0 Å². The lowest BCUT2D eigenvalue weighted by molar-refractivity contribution is 0.319. The van der Waals surface area contributed by atoms with Crippen molar-refractivity contribution in [2.45, 2.75) is 19.4 Å². The van der Waals surface area contributed by atoms with Crippen LogP contribution in [0.1, 0.15) is 13.8 Å². The molecule has 0 atom stereocenters. The van der Waals surface area contributed by atoms with Gasteiger partial charge in [-0.2, -0.15) is 5.10 Å². The molecular formula is C9H15N3O2S. The van der Waals surface area contributed by atoms with Gasteiger partial charge in [-0.25, -0.2) is 13.1 Å². The minimum absolute atomic E-state index is 0.267. The van der Waals surface area contributed by atoms with Crippen molar-refractivity contribution >= 4 is 10.0 Å². The highest BCUT2D eigenvalue weighted by Gasteiger charge is 2.22. The van der Waals surface area contributed by atoms with Crippen LogP contribution in [0.2, 0.25) is 0 Å². The normalized spacial score (nSPS) is 12.7. The maximum Gasteiger partial charge on any atom is 0.233 e.